The number of amides is 1. The summed E-state index contributed by atoms with van der Waals surface area (Å²) in [6, 6.07) is 2.89. The van der Waals surface area contributed by atoms with Crippen LogP contribution in [0.3, 0.4) is 0 Å². The van der Waals surface area contributed by atoms with E-state index in [4.69, 9.17) is 14.0 Å². The van der Waals surface area contributed by atoms with E-state index >= 15 is 0 Å². The van der Waals surface area contributed by atoms with Crippen molar-refractivity contribution in [1.82, 2.24) is 10.3 Å². The van der Waals surface area contributed by atoms with Gasteiger partial charge in [0.05, 0.1) is 11.2 Å². The first-order valence-corrected chi connectivity index (χ1v) is 10.2. The van der Waals surface area contributed by atoms with Crippen LogP contribution in [0.1, 0.15) is 54.0 Å². The Morgan fingerprint density at radius 1 is 1.16 bits per heavy atom. The Morgan fingerprint density at radius 3 is 2.22 bits per heavy atom. The average Bonchev–Trinajstić information content (AvgIpc) is 2.83. The number of hydrogen-bond acceptors (Lipinski definition) is 6. The first-order valence-electron chi connectivity index (χ1n) is 10.2. The van der Waals surface area contributed by atoms with Crippen molar-refractivity contribution in [2.24, 2.45) is 0 Å². The van der Waals surface area contributed by atoms with Crippen molar-refractivity contribution in [3.05, 3.63) is 29.4 Å². The molecule has 0 aromatic carbocycles. The Hall–Kier alpha value is -2.27. The van der Waals surface area contributed by atoms with Crippen molar-refractivity contribution in [2.75, 3.05) is 13.2 Å². The third kappa shape index (κ3) is 7.70. The largest absolute Gasteiger partial charge is 0.492 e. The second-order valence-corrected chi connectivity index (χ2v) is 9.50. The van der Waals surface area contributed by atoms with E-state index in [1.54, 1.807) is 32.9 Å². The van der Waals surface area contributed by atoms with Gasteiger partial charge in [-0.25, -0.2) is 9.78 Å². The molecule has 32 heavy (non-hydrogen) atoms. The Bertz CT molecular complexity index is 817. The number of ether oxygens (including phenoxy) is 2. The van der Waals surface area contributed by atoms with Gasteiger partial charge in [0.25, 0.3) is 0 Å². The summed E-state index contributed by atoms with van der Waals surface area (Å²) in [5, 5.41) is 2.68. The fourth-order valence-electron chi connectivity index (χ4n) is 2.62. The lowest BCUT2D eigenvalue weighted by molar-refractivity contribution is -0.154. The van der Waals surface area contributed by atoms with Crippen molar-refractivity contribution in [2.45, 2.75) is 71.4 Å². The van der Waals surface area contributed by atoms with Crippen LogP contribution < -0.4 is 10.1 Å². The SMILES string of the molecule is CC(C)(C)OC(=O)NCC(=Cc1ccc(OCC(F)(F)F)nc1)B1OC(C)(C)C(C)(C)O1. The number of carbonyl (C=O) groups excluding carboxylic acids is 1. The van der Waals surface area contributed by atoms with E-state index in [1.165, 1.54) is 12.3 Å². The highest BCUT2D eigenvalue weighted by Gasteiger charge is 2.52. The minimum absolute atomic E-state index is 0.0675. The van der Waals surface area contributed by atoms with Gasteiger partial charge in [-0.15, -0.1) is 0 Å². The summed E-state index contributed by atoms with van der Waals surface area (Å²) in [5.41, 5.74) is -0.707. The molecule has 2 heterocycles. The zero-order valence-electron chi connectivity index (χ0n) is 19.4. The van der Waals surface area contributed by atoms with E-state index in [1.807, 2.05) is 27.7 Å². The maximum absolute atomic E-state index is 12.3. The standard InChI is InChI=1S/C21H30BF3N2O5/c1-18(2,3)30-17(28)27-12-15(22-31-19(4,5)20(6,7)32-22)10-14-8-9-16(26-11-14)29-13-21(23,24)25/h8-11H,12-13H2,1-7H3,(H,27,28). The molecule has 0 spiro atoms. The predicted molar refractivity (Wildman–Crippen MR) is 114 cm³/mol. The zero-order chi connectivity index (χ0) is 24.4. The molecule has 1 fully saturated rings. The van der Waals surface area contributed by atoms with E-state index in [2.05, 4.69) is 15.0 Å². The Morgan fingerprint density at radius 2 is 1.75 bits per heavy atom. The van der Waals surface area contributed by atoms with Gasteiger partial charge in [0.1, 0.15) is 5.60 Å². The predicted octanol–water partition coefficient (Wildman–Crippen LogP) is 4.56. The maximum atomic E-state index is 12.3. The van der Waals surface area contributed by atoms with Crippen LogP contribution >= 0.6 is 0 Å². The maximum Gasteiger partial charge on any atom is 0.492 e. The van der Waals surface area contributed by atoms with Crippen LogP contribution in [0.15, 0.2) is 23.8 Å². The third-order valence-electron chi connectivity index (χ3n) is 4.89. The topological polar surface area (TPSA) is 78.9 Å². The molecule has 11 heteroatoms. The highest BCUT2D eigenvalue weighted by molar-refractivity contribution is 6.56. The summed E-state index contributed by atoms with van der Waals surface area (Å²) in [5.74, 6) is -0.150. The molecule has 1 amide bonds. The number of nitrogens with zero attached hydrogens (tertiary/aromatic N) is 1. The fraction of sp³-hybridized carbons (Fsp3) is 0.619. The lowest BCUT2D eigenvalue weighted by atomic mass is 9.77. The van der Waals surface area contributed by atoms with Crippen LogP contribution in [0.4, 0.5) is 18.0 Å². The lowest BCUT2D eigenvalue weighted by Crippen LogP contribution is -2.41. The molecule has 0 aliphatic carbocycles. The number of carbonyl (C=O) groups is 1. The van der Waals surface area contributed by atoms with Gasteiger partial charge in [0.2, 0.25) is 5.88 Å². The van der Waals surface area contributed by atoms with Gasteiger partial charge < -0.3 is 24.1 Å². The minimum Gasteiger partial charge on any atom is -0.468 e. The normalized spacial score (nSPS) is 18.4. The molecule has 0 bridgehead atoms. The van der Waals surface area contributed by atoms with Gasteiger partial charge >= 0.3 is 19.4 Å². The van der Waals surface area contributed by atoms with Crippen molar-refractivity contribution in [1.29, 1.82) is 0 Å². The first kappa shape index (κ1) is 26.0. The third-order valence-corrected chi connectivity index (χ3v) is 4.89. The number of pyridine rings is 1. The van der Waals surface area contributed by atoms with E-state index in [0.29, 0.717) is 11.0 Å². The molecule has 1 aliphatic rings. The van der Waals surface area contributed by atoms with Crippen molar-refractivity contribution in [3.63, 3.8) is 0 Å². The molecule has 0 radical (unpaired) electrons. The second kappa shape index (κ2) is 9.31. The molecule has 1 aromatic rings. The van der Waals surface area contributed by atoms with Gasteiger partial charge in [-0.2, -0.15) is 13.2 Å². The Balaban J connectivity index is 2.20. The van der Waals surface area contributed by atoms with Crippen LogP contribution in [0, 0.1) is 0 Å². The number of aromatic nitrogens is 1. The molecule has 1 N–H and O–H groups in total. The van der Waals surface area contributed by atoms with E-state index in [-0.39, 0.29) is 12.4 Å². The van der Waals surface area contributed by atoms with Gasteiger partial charge in [0, 0.05) is 18.8 Å². The number of nitrogens with one attached hydrogen (secondary N) is 1. The van der Waals surface area contributed by atoms with Crippen molar-refractivity contribution >= 4 is 19.3 Å². The summed E-state index contributed by atoms with van der Waals surface area (Å²) in [4.78, 5) is 16.0. The number of rotatable bonds is 6. The lowest BCUT2D eigenvalue weighted by Gasteiger charge is -2.32. The average molecular weight is 458 g/mol. The molecule has 1 saturated heterocycles. The van der Waals surface area contributed by atoms with Crippen LogP contribution in [0.25, 0.3) is 6.08 Å². The number of halogens is 3. The Kier molecular flexibility index (Phi) is 7.56. The summed E-state index contributed by atoms with van der Waals surface area (Å²) < 4.78 is 59.0. The highest BCUT2D eigenvalue weighted by Crippen LogP contribution is 2.38. The van der Waals surface area contributed by atoms with Gasteiger partial charge in [0.15, 0.2) is 6.61 Å². The van der Waals surface area contributed by atoms with Crippen LogP contribution in [0.5, 0.6) is 5.88 Å². The molecule has 178 valence electrons. The van der Waals surface area contributed by atoms with Gasteiger partial charge in [-0.05, 0) is 65.6 Å². The number of alkyl halides is 3. The molecular formula is C21H30BF3N2O5. The van der Waals surface area contributed by atoms with E-state index < -0.39 is 42.8 Å². The number of alkyl carbamates (subject to hydrolysis) is 1. The fourth-order valence-corrected chi connectivity index (χ4v) is 2.62. The van der Waals surface area contributed by atoms with Gasteiger partial charge in [-0.1, -0.05) is 6.08 Å². The highest BCUT2D eigenvalue weighted by atomic mass is 19.4. The van der Waals surface area contributed by atoms with Gasteiger partial charge in [-0.3, -0.25) is 0 Å². The van der Waals surface area contributed by atoms with Crippen LogP contribution in [0.2, 0.25) is 0 Å². The molecule has 1 aliphatic heterocycles. The quantitative estimate of drug-likeness (QED) is 0.630. The first-order chi connectivity index (χ1) is 14.5. The molecular weight excluding hydrogens is 428 g/mol. The van der Waals surface area contributed by atoms with Crippen molar-refractivity contribution in [3.8, 4) is 5.88 Å². The molecule has 0 unspecified atom stereocenters. The molecule has 0 saturated carbocycles. The smallest absolute Gasteiger partial charge is 0.468 e. The molecule has 0 atom stereocenters. The Labute approximate surface area is 186 Å². The number of hydrogen-bond donors (Lipinski definition) is 1. The summed E-state index contributed by atoms with van der Waals surface area (Å²) >= 11 is 0. The minimum atomic E-state index is -4.45. The van der Waals surface area contributed by atoms with E-state index in [9.17, 15) is 18.0 Å². The monoisotopic (exact) mass is 458 g/mol. The summed E-state index contributed by atoms with van der Waals surface area (Å²) in [6.07, 6.45) is -1.99. The van der Waals surface area contributed by atoms with Crippen molar-refractivity contribution < 1.29 is 36.7 Å². The van der Waals surface area contributed by atoms with Crippen LogP contribution in [-0.2, 0) is 14.0 Å². The summed E-state index contributed by atoms with van der Waals surface area (Å²) in [6.45, 7) is 11.5. The second-order valence-electron chi connectivity index (χ2n) is 9.50. The summed E-state index contributed by atoms with van der Waals surface area (Å²) in [7, 11) is -0.754. The molecule has 7 nitrogen and oxygen atoms in total. The molecule has 2 rings (SSSR count). The molecule has 1 aromatic heterocycles. The van der Waals surface area contributed by atoms with Crippen LogP contribution in [-0.4, -0.2) is 54.3 Å². The zero-order valence-corrected chi connectivity index (χ0v) is 19.4. The van der Waals surface area contributed by atoms with E-state index in [0.717, 1.165) is 0 Å².